The summed E-state index contributed by atoms with van der Waals surface area (Å²) in [4.78, 5) is 30.2. The Labute approximate surface area is 234 Å². The molecule has 0 saturated heterocycles. The van der Waals surface area contributed by atoms with Crippen LogP contribution in [-0.4, -0.2) is 32.1 Å². The summed E-state index contributed by atoms with van der Waals surface area (Å²) in [5.41, 5.74) is 3.56. The van der Waals surface area contributed by atoms with Crippen LogP contribution in [0.4, 0.5) is 0 Å². The summed E-state index contributed by atoms with van der Waals surface area (Å²) in [7, 11) is 0. The van der Waals surface area contributed by atoms with Gasteiger partial charge >= 0.3 is 18.0 Å². The predicted octanol–water partition coefficient (Wildman–Crippen LogP) is 7.61. The number of hydrogen-bond acceptors (Lipinski definition) is 9. The van der Waals surface area contributed by atoms with Gasteiger partial charge in [0.25, 0.3) is 0 Å². The van der Waals surface area contributed by atoms with Gasteiger partial charge in [0.15, 0.2) is 0 Å². The smallest absolute Gasteiger partial charge is 0.315 e. The highest BCUT2D eigenvalue weighted by atomic mass is 16.7. The van der Waals surface area contributed by atoms with Crippen molar-refractivity contribution in [2.24, 2.45) is 49.5 Å². The predicted molar refractivity (Wildman–Crippen MR) is 154 cm³/mol. The SMILES string of the molecule is CC1C/C(=N/Oc2nc(O/N=C3/CC(C)CC(C)(C)C3)nc(O/N=C3/CC(C)CC(C)(C)C3)n2)CC(C)(C)C1. The summed E-state index contributed by atoms with van der Waals surface area (Å²) in [6.45, 7) is 20.3. The fraction of sp³-hybridized carbons (Fsp3) is 0.800. The molecule has 3 aliphatic rings. The number of oxime groups is 3. The zero-order valence-corrected chi connectivity index (χ0v) is 25.5. The first-order valence-electron chi connectivity index (χ1n) is 14.6. The Morgan fingerprint density at radius 2 is 0.769 bits per heavy atom. The van der Waals surface area contributed by atoms with Gasteiger partial charge in [-0.05, 0) is 91.8 Å². The maximum absolute atomic E-state index is 5.72. The zero-order valence-electron chi connectivity index (χ0n) is 25.5. The van der Waals surface area contributed by atoms with Crippen molar-refractivity contribution in [1.82, 2.24) is 15.0 Å². The molecule has 1 aromatic heterocycles. The van der Waals surface area contributed by atoms with Crippen LogP contribution < -0.4 is 14.5 Å². The molecule has 0 N–H and O–H groups in total. The average molecular weight is 541 g/mol. The first kappa shape index (κ1) is 29.4. The van der Waals surface area contributed by atoms with Crippen LogP contribution in [-0.2, 0) is 0 Å². The van der Waals surface area contributed by atoms with E-state index >= 15 is 0 Å². The van der Waals surface area contributed by atoms with E-state index in [1.54, 1.807) is 0 Å². The van der Waals surface area contributed by atoms with Gasteiger partial charge in [0.2, 0.25) is 0 Å². The molecule has 0 aliphatic heterocycles. The Bertz CT molecular complexity index is 973. The molecule has 0 spiro atoms. The van der Waals surface area contributed by atoms with Crippen molar-refractivity contribution in [2.75, 3.05) is 0 Å². The van der Waals surface area contributed by atoms with Gasteiger partial charge in [0.05, 0.1) is 17.1 Å². The molecule has 3 saturated carbocycles. The first-order chi connectivity index (χ1) is 18.2. The molecule has 1 aromatic rings. The molecule has 3 fully saturated rings. The van der Waals surface area contributed by atoms with Crippen molar-refractivity contribution in [3.8, 4) is 18.0 Å². The molecular formula is C30H48N6O3. The second kappa shape index (κ2) is 11.5. The van der Waals surface area contributed by atoms with E-state index in [0.717, 1.165) is 55.7 Å². The molecule has 3 atom stereocenters. The number of nitrogens with zero attached hydrogens (tertiary/aromatic N) is 6. The third-order valence-electron chi connectivity index (χ3n) is 7.85. The van der Waals surface area contributed by atoms with Gasteiger partial charge in [-0.2, -0.15) is 0 Å². The van der Waals surface area contributed by atoms with E-state index in [4.69, 9.17) is 14.5 Å². The molecule has 0 aromatic carbocycles. The summed E-state index contributed by atoms with van der Waals surface area (Å²) in [6.07, 6.45) is 8.80. The molecule has 0 radical (unpaired) electrons. The summed E-state index contributed by atoms with van der Waals surface area (Å²) >= 11 is 0. The fourth-order valence-corrected chi connectivity index (χ4v) is 7.31. The van der Waals surface area contributed by atoms with Crippen LogP contribution >= 0.6 is 0 Å². The van der Waals surface area contributed by atoms with Crippen molar-refractivity contribution < 1.29 is 14.5 Å². The van der Waals surface area contributed by atoms with Crippen LogP contribution in [0.25, 0.3) is 0 Å². The zero-order chi connectivity index (χ0) is 28.4. The van der Waals surface area contributed by atoms with Crippen LogP contribution in [0.3, 0.4) is 0 Å². The summed E-state index contributed by atoms with van der Waals surface area (Å²) in [5.74, 6) is 1.63. The quantitative estimate of drug-likeness (QED) is 0.344. The molecule has 0 amide bonds. The highest BCUT2D eigenvalue weighted by Gasteiger charge is 2.32. The van der Waals surface area contributed by atoms with E-state index in [-0.39, 0.29) is 34.3 Å². The Morgan fingerprint density at radius 1 is 0.513 bits per heavy atom. The Balaban J connectivity index is 1.56. The van der Waals surface area contributed by atoms with Crippen LogP contribution in [0.2, 0.25) is 0 Å². The molecule has 4 rings (SSSR count). The van der Waals surface area contributed by atoms with Crippen molar-refractivity contribution >= 4 is 17.1 Å². The van der Waals surface area contributed by atoms with Crippen LogP contribution in [0.15, 0.2) is 15.5 Å². The minimum Gasteiger partial charge on any atom is -0.315 e. The first-order valence-corrected chi connectivity index (χ1v) is 14.6. The molecule has 216 valence electrons. The van der Waals surface area contributed by atoms with Crippen molar-refractivity contribution in [2.45, 2.75) is 120 Å². The lowest BCUT2D eigenvalue weighted by molar-refractivity contribution is 0.227. The minimum absolute atomic E-state index is 0.00798. The van der Waals surface area contributed by atoms with E-state index in [2.05, 4.69) is 92.7 Å². The Hall–Kier alpha value is -2.58. The second-order valence-electron chi connectivity index (χ2n) is 15.0. The van der Waals surface area contributed by atoms with Gasteiger partial charge < -0.3 is 14.5 Å². The van der Waals surface area contributed by atoms with E-state index in [1.807, 2.05) is 0 Å². The molecule has 3 unspecified atom stereocenters. The van der Waals surface area contributed by atoms with E-state index in [9.17, 15) is 0 Å². The molecule has 9 heteroatoms. The summed E-state index contributed by atoms with van der Waals surface area (Å²) in [6, 6.07) is 0.0239. The van der Waals surface area contributed by atoms with Gasteiger partial charge in [0, 0.05) is 0 Å². The van der Waals surface area contributed by atoms with Gasteiger partial charge in [-0.1, -0.05) is 77.8 Å². The van der Waals surface area contributed by atoms with E-state index < -0.39 is 0 Å². The minimum atomic E-state index is 0.00798. The van der Waals surface area contributed by atoms with Crippen molar-refractivity contribution in [3.05, 3.63) is 0 Å². The van der Waals surface area contributed by atoms with Gasteiger partial charge in [0.1, 0.15) is 0 Å². The molecule has 39 heavy (non-hydrogen) atoms. The highest BCUT2D eigenvalue weighted by Crippen LogP contribution is 2.39. The van der Waals surface area contributed by atoms with Gasteiger partial charge in [-0.3, -0.25) is 0 Å². The van der Waals surface area contributed by atoms with Crippen LogP contribution in [0, 0.1) is 34.0 Å². The number of hydrogen-bond donors (Lipinski definition) is 0. The molecule has 3 aliphatic carbocycles. The highest BCUT2D eigenvalue weighted by molar-refractivity contribution is 5.86. The summed E-state index contributed by atoms with van der Waals surface area (Å²) in [5, 5.41) is 13.3. The van der Waals surface area contributed by atoms with Crippen molar-refractivity contribution in [1.29, 1.82) is 0 Å². The topological polar surface area (TPSA) is 103 Å². The lowest BCUT2D eigenvalue weighted by atomic mass is 9.72. The molecular weight excluding hydrogens is 492 g/mol. The van der Waals surface area contributed by atoms with Crippen molar-refractivity contribution in [3.63, 3.8) is 0 Å². The molecule has 9 nitrogen and oxygen atoms in total. The Morgan fingerprint density at radius 3 is 1.00 bits per heavy atom. The maximum atomic E-state index is 5.72. The monoisotopic (exact) mass is 540 g/mol. The van der Waals surface area contributed by atoms with Gasteiger partial charge in [-0.25, -0.2) is 0 Å². The average Bonchev–Trinajstić information content (AvgIpc) is 2.76. The molecule has 0 bridgehead atoms. The van der Waals surface area contributed by atoms with E-state index in [1.165, 1.54) is 19.3 Å². The lowest BCUT2D eigenvalue weighted by Gasteiger charge is -2.34. The Kier molecular flexibility index (Phi) is 8.67. The number of aromatic nitrogens is 3. The van der Waals surface area contributed by atoms with Crippen LogP contribution in [0.1, 0.15) is 120 Å². The number of rotatable bonds is 6. The van der Waals surface area contributed by atoms with E-state index in [0.29, 0.717) is 17.8 Å². The lowest BCUT2D eigenvalue weighted by Crippen LogP contribution is -2.28. The third-order valence-corrected chi connectivity index (χ3v) is 7.85. The largest absolute Gasteiger partial charge is 0.355 e. The normalized spacial score (nSPS) is 31.3. The second-order valence-corrected chi connectivity index (χ2v) is 15.0. The summed E-state index contributed by atoms with van der Waals surface area (Å²) < 4.78 is 0. The van der Waals surface area contributed by atoms with Gasteiger partial charge in [-0.15, -0.1) is 15.0 Å². The van der Waals surface area contributed by atoms with Crippen LogP contribution in [0.5, 0.6) is 18.0 Å². The fourth-order valence-electron chi connectivity index (χ4n) is 7.31. The maximum Gasteiger partial charge on any atom is 0.355 e. The standard InChI is InChI=1S/C30H48N6O3/c1-19-10-22(16-28(4,5)13-19)34-37-25-31-26(38-35-23-11-20(2)14-29(6,7)17-23)33-27(32-25)39-36-24-12-21(3)15-30(8,9)18-24/h19-21H,10-18H2,1-9H3/b34-22-,35-23-,36-24-. The third kappa shape index (κ3) is 8.97. The molecule has 1 heterocycles.